The zero-order valence-corrected chi connectivity index (χ0v) is 31.6. The molecule has 0 bridgehead atoms. The molecule has 2 heterocycles. The van der Waals surface area contributed by atoms with Gasteiger partial charge in [-0.1, -0.05) is 102 Å². The monoisotopic (exact) mass is 820 g/mol. The van der Waals surface area contributed by atoms with Gasteiger partial charge in [-0.05, 0) is 59.9 Å². The quantitative estimate of drug-likeness (QED) is 0.0893. The van der Waals surface area contributed by atoms with Crippen LogP contribution in [0.15, 0.2) is 89.3 Å². The Balaban J connectivity index is 0.000000279. The Morgan fingerprint density at radius 2 is 1.48 bits per heavy atom. The van der Waals surface area contributed by atoms with Gasteiger partial charge in [0.05, 0.1) is 5.76 Å². The number of ketones is 1. The molecule has 0 aliphatic rings. The molecule has 0 spiro atoms. The molecule has 1 N–H and O–H groups in total. The van der Waals surface area contributed by atoms with Gasteiger partial charge in [-0.3, -0.25) is 9.78 Å². The van der Waals surface area contributed by atoms with Crippen LogP contribution in [0.4, 0.5) is 0 Å². The minimum absolute atomic E-state index is 0. The maximum absolute atomic E-state index is 11.7. The van der Waals surface area contributed by atoms with Gasteiger partial charge in [0.2, 0.25) is 5.71 Å². The molecule has 0 aliphatic heterocycles. The van der Waals surface area contributed by atoms with E-state index in [1.165, 1.54) is 22.4 Å². The predicted octanol–water partition coefficient (Wildman–Crippen LogP) is 11.6. The fraction of sp³-hybridized carbons (Fsp3) is 0.357. The number of carbonyl (C=O) groups is 1. The largest absolute Gasteiger partial charge is 0.512 e. The van der Waals surface area contributed by atoms with E-state index in [2.05, 4.69) is 86.4 Å². The summed E-state index contributed by atoms with van der Waals surface area (Å²) in [6.07, 6.45) is 7.41. The minimum atomic E-state index is 0. The third kappa shape index (κ3) is 8.05. The Kier molecular flexibility index (Phi) is 12.3. The molecule has 0 saturated heterocycles. The Morgan fingerprint density at radius 1 is 0.854 bits per heavy atom. The van der Waals surface area contributed by atoms with E-state index >= 15 is 0 Å². The number of hydrogen-bond acceptors (Lipinski definition) is 5. The van der Waals surface area contributed by atoms with Crippen LogP contribution in [0.1, 0.15) is 79.7 Å². The van der Waals surface area contributed by atoms with Crippen molar-refractivity contribution in [3.63, 3.8) is 0 Å². The Bertz CT molecular complexity index is 2050. The van der Waals surface area contributed by atoms with Crippen molar-refractivity contribution in [3.05, 3.63) is 96.5 Å². The van der Waals surface area contributed by atoms with E-state index in [0.717, 1.165) is 70.5 Å². The topological polar surface area (TPSA) is 76.2 Å². The first-order valence-electron chi connectivity index (χ1n) is 17.0. The molecule has 6 rings (SSSR count). The van der Waals surface area contributed by atoms with Gasteiger partial charge in [-0.2, -0.15) is 0 Å². The molecule has 1 radical (unpaired) electrons. The molecule has 6 aromatic rings. The fourth-order valence-corrected chi connectivity index (χ4v) is 6.47. The number of allylic oxidation sites excluding steroid dienone is 2. The van der Waals surface area contributed by atoms with Crippen LogP contribution in [0.5, 0.6) is 0 Å². The summed E-state index contributed by atoms with van der Waals surface area (Å²) in [4.78, 5) is 21.0. The second kappa shape index (κ2) is 16.0. The fourth-order valence-electron chi connectivity index (χ4n) is 6.47. The van der Waals surface area contributed by atoms with Crippen molar-refractivity contribution in [2.24, 2.45) is 17.3 Å². The summed E-state index contributed by atoms with van der Waals surface area (Å²) in [5.74, 6) is 0.547. The molecule has 2 aromatic heterocycles. The number of aromatic nitrogens is 2. The van der Waals surface area contributed by atoms with E-state index < -0.39 is 0 Å². The number of aliphatic hydroxyl groups is 1. The van der Waals surface area contributed by atoms with E-state index in [4.69, 9.17) is 9.40 Å². The van der Waals surface area contributed by atoms with Crippen molar-refractivity contribution < 1.29 is 34.4 Å². The second-order valence-electron chi connectivity index (χ2n) is 13.7. The molecule has 0 saturated carbocycles. The average molecular weight is 820 g/mol. The number of furan rings is 1. The second-order valence-corrected chi connectivity index (χ2v) is 13.7. The maximum atomic E-state index is 11.7. The number of rotatable bonds is 9. The van der Waals surface area contributed by atoms with Gasteiger partial charge in [0.25, 0.3) is 0 Å². The van der Waals surface area contributed by atoms with Gasteiger partial charge in [0, 0.05) is 54.5 Å². The SMILES string of the molecule is CC(C)(C)Cc1cc2ccccc2c2c1oc1ncnc(-c3[c-]cc4ccccc4c3)c12.CCC(CC)C(=O)/C=C(\O)C(CC)CC.[Ir]. The Hall–Kier alpha value is -3.86. The summed E-state index contributed by atoms with van der Waals surface area (Å²) in [5, 5.41) is 16.5. The molecule has 0 aliphatic carbocycles. The summed E-state index contributed by atoms with van der Waals surface area (Å²) in [5.41, 5.74) is 4.68. The normalized spacial score (nSPS) is 12.1. The van der Waals surface area contributed by atoms with Crippen molar-refractivity contribution in [1.29, 1.82) is 0 Å². The van der Waals surface area contributed by atoms with Crippen LogP contribution in [0.25, 0.3) is 54.9 Å². The maximum Gasteiger partial charge on any atom is 0.221 e. The number of hydrogen-bond donors (Lipinski definition) is 1. The van der Waals surface area contributed by atoms with Crippen LogP contribution in [0.3, 0.4) is 0 Å². The van der Waals surface area contributed by atoms with E-state index in [-0.39, 0.29) is 48.9 Å². The molecule has 48 heavy (non-hydrogen) atoms. The molecule has 0 unspecified atom stereocenters. The number of benzene rings is 4. The number of nitrogens with zero attached hydrogens (tertiary/aromatic N) is 2. The molecule has 5 nitrogen and oxygen atoms in total. The summed E-state index contributed by atoms with van der Waals surface area (Å²) in [7, 11) is 0. The van der Waals surface area contributed by atoms with Gasteiger partial charge in [0.1, 0.15) is 11.9 Å². The Morgan fingerprint density at radius 3 is 2.12 bits per heavy atom. The van der Waals surface area contributed by atoms with Crippen molar-refractivity contribution in [2.45, 2.75) is 80.6 Å². The first-order valence-corrected chi connectivity index (χ1v) is 17.0. The Labute approximate surface area is 298 Å². The van der Waals surface area contributed by atoms with E-state index in [9.17, 15) is 9.90 Å². The van der Waals surface area contributed by atoms with Gasteiger partial charge in [-0.25, -0.2) is 4.98 Å². The number of fused-ring (bicyclic) bond motifs is 6. The van der Waals surface area contributed by atoms with Crippen molar-refractivity contribution >= 4 is 49.4 Å². The zero-order valence-electron chi connectivity index (χ0n) is 29.2. The van der Waals surface area contributed by atoms with Gasteiger partial charge in [0.15, 0.2) is 5.78 Å². The zero-order chi connectivity index (χ0) is 33.7. The molecular formula is C42H47IrN2O3-. The summed E-state index contributed by atoms with van der Waals surface area (Å²) in [6.45, 7) is 14.8. The standard InChI is InChI=1S/C29H23N2O.C13H24O2.Ir/c1-29(2,3)16-22-15-20-10-6-7-11-23(20)24-25-26(30-17-31-28(25)32-27(22)24)21-13-12-18-8-4-5-9-19(18)14-21;1-5-10(6-2)12(14)9-13(15)11(7-3)8-4;/h4-12,14-15,17H,16H2,1-3H3;9-11,14H,5-8H2,1-4H3;/q-1;;/b;12-9-;. The molecular weight excluding hydrogens is 773 g/mol. The summed E-state index contributed by atoms with van der Waals surface area (Å²) in [6, 6.07) is 26.7. The van der Waals surface area contributed by atoms with E-state index in [1.807, 2.05) is 39.8 Å². The molecule has 0 atom stereocenters. The molecule has 253 valence electrons. The van der Waals surface area contributed by atoms with Crippen LogP contribution in [-0.2, 0) is 31.3 Å². The van der Waals surface area contributed by atoms with Crippen LogP contribution in [0, 0.1) is 23.3 Å². The van der Waals surface area contributed by atoms with Crippen LogP contribution in [0.2, 0.25) is 0 Å². The smallest absolute Gasteiger partial charge is 0.221 e. The predicted molar refractivity (Wildman–Crippen MR) is 196 cm³/mol. The van der Waals surface area contributed by atoms with E-state index in [0.29, 0.717) is 5.71 Å². The first-order chi connectivity index (χ1) is 22.6. The van der Waals surface area contributed by atoms with Crippen molar-refractivity contribution in [3.8, 4) is 11.3 Å². The van der Waals surface area contributed by atoms with Crippen LogP contribution < -0.4 is 0 Å². The molecule has 0 fully saturated rings. The first kappa shape index (κ1) is 37.0. The van der Waals surface area contributed by atoms with Gasteiger partial charge >= 0.3 is 0 Å². The number of aliphatic hydroxyl groups excluding tert-OH is 1. The molecule has 4 aromatic carbocycles. The summed E-state index contributed by atoms with van der Waals surface area (Å²) < 4.78 is 6.42. The third-order valence-corrected chi connectivity index (χ3v) is 9.08. The molecule has 0 amide bonds. The molecule has 6 heteroatoms. The van der Waals surface area contributed by atoms with Crippen molar-refractivity contribution in [2.75, 3.05) is 0 Å². The van der Waals surface area contributed by atoms with Crippen molar-refractivity contribution in [1.82, 2.24) is 9.97 Å². The van der Waals surface area contributed by atoms with Gasteiger partial charge in [-0.15, -0.1) is 29.1 Å². The average Bonchev–Trinajstić information content (AvgIpc) is 3.46. The van der Waals surface area contributed by atoms with Crippen LogP contribution in [-0.4, -0.2) is 20.9 Å². The minimum Gasteiger partial charge on any atom is -0.512 e. The summed E-state index contributed by atoms with van der Waals surface area (Å²) >= 11 is 0. The van der Waals surface area contributed by atoms with Crippen LogP contribution >= 0.6 is 0 Å². The van der Waals surface area contributed by atoms with E-state index in [1.54, 1.807) is 6.33 Å². The number of carbonyl (C=O) groups excluding carboxylic acids is 1. The van der Waals surface area contributed by atoms with Gasteiger partial charge < -0.3 is 9.52 Å². The third-order valence-electron chi connectivity index (χ3n) is 9.08.